The molecule has 19 heavy (non-hydrogen) atoms. The lowest BCUT2D eigenvalue weighted by Gasteiger charge is -2.17. The van der Waals surface area contributed by atoms with Crippen LogP contribution in [0.4, 0.5) is 0 Å². The van der Waals surface area contributed by atoms with E-state index in [0.29, 0.717) is 16.0 Å². The molecule has 0 saturated carbocycles. The van der Waals surface area contributed by atoms with E-state index in [2.05, 4.69) is 31.5 Å². The Morgan fingerprint density at radius 1 is 1.32 bits per heavy atom. The zero-order valence-corrected chi connectivity index (χ0v) is 12.3. The number of nitrogens with zero attached hydrogens (tertiary/aromatic N) is 4. The van der Waals surface area contributed by atoms with Crippen LogP contribution in [0.5, 0.6) is 0 Å². The Hall–Kier alpha value is -1.76. The average molecular weight is 325 g/mol. The maximum Gasteiger partial charge on any atom is 0.335 e. The first-order chi connectivity index (χ1) is 8.79. The largest absolute Gasteiger partial charge is 0.478 e. The van der Waals surface area contributed by atoms with Crippen molar-refractivity contribution in [2.45, 2.75) is 26.2 Å². The van der Waals surface area contributed by atoms with Crippen molar-refractivity contribution in [3.05, 3.63) is 34.1 Å². The van der Waals surface area contributed by atoms with E-state index in [1.54, 1.807) is 16.8 Å². The topological polar surface area (TPSA) is 80.9 Å². The van der Waals surface area contributed by atoms with Crippen molar-refractivity contribution in [2.75, 3.05) is 0 Å². The molecular formula is C12H13BrN4O2. The van der Waals surface area contributed by atoms with Gasteiger partial charge in [-0.25, -0.2) is 4.79 Å². The Kier molecular flexibility index (Phi) is 3.40. The molecule has 0 atom stereocenters. The predicted molar refractivity (Wildman–Crippen MR) is 72.5 cm³/mol. The van der Waals surface area contributed by atoms with Crippen LogP contribution in [0.2, 0.25) is 0 Å². The Morgan fingerprint density at radius 3 is 2.58 bits per heavy atom. The van der Waals surface area contributed by atoms with Crippen LogP contribution in [-0.4, -0.2) is 31.3 Å². The summed E-state index contributed by atoms with van der Waals surface area (Å²) in [6.45, 7) is 5.97. The van der Waals surface area contributed by atoms with Crippen molar-refractivity contribution in [3.8, 4) is 5.69 Å². The fraction of sp³-hybridized carbons (Fsp3) is 0.333. The molecule has 100 valence electrons. The van der Waals surface area contributed by atoms with Crippen molar-refractivity contribution in [1.29, 1.82) is 0 Å². The minimum absolute atomic E-state index is 0.180. The van der Waals surface area contributed by atoms with Gasteiger partial charge in [0, 0.05) is 9.89 Å². The molecule has 1 heterocycles. The highest BCUT2D eigenvalue weighted by Gasteiger charge is 2.23. The molecule has 0 spiro atoms. The van der Waals surface area contributed by atoms with Crippen LogP contribution in [0, 0.1) is 0 Å². The maximum atomic E-state index is 11.1. The highest BCUT2D eigenvalue weighted by atomic mass is 79.9. The summed E-state index contributed by atoms with van der Waals surface area (Å²) in [6.07, 6.45) is 0. The number of aromatic carboxylic acids is 1. The molecule has 6 nitrogen and oxygen atoms in total. The lowest BCUT2D eigenvalue weighted by Crippen LogP contribution is -2.19. The summed E-state index contributed by atoms with van der Waals surface area (Å²) < 4.78 is 2.22. The van der Waals surface area contributed by atoms with Crippen LogP contribution in [0.15, 0.2) is 22.7 Å². The molecule has 0 saturated heterocycles. The molecule has 0 bridgehead atoms. The summed E-state index contributed by atoms with van der Waals surface area (Å²) in [5.41, 5.74) is 0.552. The van der Waals surface area contributed by atoms with Gasteiger partial charge in [-0.1, -0.05) is 36.7 Å². The number of hydrogen-bond acceptors (Lipinski definition) is 4. The van der Waals surface area contributed by atoms with Crippen molar-refractivity contribution < 1.29 is 9.90 Å². The fourth-order valence-electron chi connectivity index (χ4n) is 1.65. The van der Waals surface area contributed by atoms with E-state index >= 15 is 0 Å². The molecule has 1 aromatic heterocycles. The minimum Gasteiger partial charge on any atom is -0.478 e. The molecule has 0 aliphatic heterocycles. The molecule has 2 rings (SSSR count). The fourth-order valence-corrected chi connectivity index (χ4v) is 2.13. The van der Waals surface area contributed by atoms with Crippen molar-refractivity contribution >= 4 is 21.9 Å². The zero-order chi connectivity index (χ0) is 14.2. The third kappa shape index (κ3) is 2.81. The van der Waals surface area contributed by atoms with Crippen molar-refractivity contribution in [1.82, 2.24) is 20.2 Å². The monoisotopic (exact) mass is 324 g/mol. The van der Waals surface area contributed by atoms with Gasteiger partial charge in [0.1, 0.15) is 0 Å². The van der Waals surface area contributed by atoms with Crippen molar-refractivity contribution in [2.24, 2.45) is 0 Å². The molecule has 0 aliphatic rings. The quantitative estimate of drug-likeness (QED) is 0.917. The lowest BCUT2D eigenvalue weighted by molar-refractivity contribution is 0.0696. The van der Waals surface area contributed by atoms with Gasteiger partial charge in [-0.05, 0) is 28.6 Å². The number of carboxylic acids is 1. The van der Waals surface area contributed by atoms with Gasteiger partial charge in [-0.3, -0.25) is 0 Å². The van der Waals surface area contributed by atoms with E-state index in [0.717, 1.165) is 0 Å². The van der Waals surface area contributed by atoms with E-state index in [1.165, 1.54) is 6.07 Å². The normalized spacial score (nSPS) is 11.6. The lowest BCUT2D eigenvalue weighted by atomic mass is 9.95. The maximum absolute atomic E-state index is 11.1. The SMILES string of the molecule is CC(C)(C)c1nnnn1-c1cc(Br)cc(C(=O)O)c1. The number of tetrazole rings is 1. The first kappa shape index (κ1) is 13.7. The van der Waals surface area contributed by atoms with Crippen LogP contribution in [0.1, 0.15) is 37.0 Å². The number of carbonyl (C=O) groups is 1. The van der Waals surface area contributed by atoms with Crippen LogP contribution in [0.3, 0.4) is 0 Å². The second-order valence-corrected chi connectivity index (χ2v) is 6.08. The molecule has 0 aliphatic carbocycles. The number of benzene rings is 1. The van der Waals surface area contributed by atoms with Gasteiger partial charge in [0.15, 0.2) is 5.82 Å². The standard InChI is InChI=1S/C12H13BrN4O2/c1-12(2,3)11-14-15-16-17(11)9-5-7(10(18)19)4-8(13)6-9/h4-6H,1-3H3,(H,18,19). The average Bonchev–Trinajstić information content (AvgIpc) is 2.76. The molecule has 2 aromatic rings. The highest BCUT2D eigenvalue weighted by molar-refractivity contribution is 9.10. The first-order valence-corrected chi connectivity index (χ1v) is 6.41. The van der Waals surface area contributed by atoms with Gasteiger partial charge in [-0.2, -0.15) is 4.68 Å². The smallest absolute Gasteiger partial charge is 0.335 e. The van der Waals surface area contributed by atoms with E-state index in [9.17, 15) is 4.79 Å². The molecule has 0 radical (unpaired) electrons. The van der Waals surface area contributed by atoms with Gasteiger partial charge in [0.2, 0.25) is 0 Å². The summed E-state index contributed by atoms with van der Waals surface area (Å²) >= 11 is 3.30. The predicted octanol–water partition coefficient (Wildman–Crippen LogP) is 2.42. The second-order valence-electron chi connectivity index (χ2n) is 5.17. The van der Waals surface area contributed by atoms with E-state index in [-0.39, 0.29) is 11.0 Å². The van der Waals surface area contributed by atoms with Gasteiger partial charge in [0.05, 0.1) is 11.3 Å². The van der Waals surface area contributed by atoms with Crippen LogP contribution >= 0.6 is 15.9 Å². The number of halogens is 1. The Morgan fingerprint density at radius 2 is 2.00 bits per heavy atom. The zero-order valence-electron chi connectivity index (χ0n) is 10.8. The third-order valence-corrected chi connectivity index (χ3v) is 2.97. The second kappa shape index (κ2) is 4.73. The van der Waals surface area contributed by atoms with Crippen LogP contribution in [-0.2, 0) is 5.41 Å². The molecular weight excluding hydrogens is 312 g/mol. The first-order valence-electron chi connectivity index (χ1n) is 5.62. The van der Waals surface area contributed by atoms with Gasteiger partial charge in [0.25, 0.3) is 0 Å². The molecule has 1 N–H and O–H groups in total. The van der Waals surface area contributed by atoms with Gasteiger partial charge >= 0.3 is 5.97 Å². The number of rotatable bonds is 2. The molecule has 0 amide bonds. The summed E-state index contributed by atoms with van der Waals surface area (Å²) in [5, 5.41) is 20.7. The highest BCUT2D eigenvalue weighted by Crippen LogP contribution is 2.24. The van der Waals surface area contributed by atoms with Gasteiger partial charge in [-0.15, -0.1) is 5.10 Å². The van der Waals surface area contributed by atoms with Crippen LogP contribution < -0.4 is 0 Å². The Bertz CT molecular complexity index is 631. The molecule has 0 unspecified atom stereocenters. The summed E-state index contributed by atoms with van der Waals surface area (Å²) in [7, 11) is 0. The Labute approximate surface area is 118 Å². The third-order valence-electron chi connectivity index (χ3n) is 2.51. The van der Waals surface area contributed by atoms with Gasteiger partial charge < -0.3 is 5.11 Å². The summed E-state index contributed by atoms with van der Waals surface area (Å²) in [5.74, 6) is -0.324. The van der Waals surface area contributed by atoms with Crippen molar-refractivity contribution in [3.63, 3.8) is 0 Å². The van der Waals surface area contributed by atoms with E-state index < -0.39 is 5.97 Å². The number of aromatic nitrogens is 4. The molecule has 7 heteroatoms. The minimum atomic E-state index is -0.993. The summed E-state index contributed by atoms with van der Waals surface area (Å²) in [4.78, 5) is 11.1. The summed E-state index contributed by atoms with van der Waals surface area (Å²) in [6, 6.07) is 4.85. The Balaban J connectivity index is 2.60. The molecule has 0 fully saturated rings. The van der Waals surface area contributed by atoms with E-state index in [1.807, 2.05) is 20.8 Å². The molecule has 1 aromatic carbocycles. The number of hydrogen-bond donors (Lipinski definition) is 1. The van der Waals surface area contributed by atoms with Crippen LogP contribution in [0.25, 0.3) is 5.69 Å². The number of carboxylic acid groups (broad SMARTS) is 1. The van der Waals surface area contributed by atoms with E-state index in [4.69, 9.17) is 5.11 Å².